The smallest absolute Gasteiger partial charge is 0.788 e. The van der Waals surface area contributed by atoms with Gasteiger partial charge < -0.3 is 33.3 Å². The van der Waals surface area contributed by atoms with Crippen LogP contribution in [0.15, 0.2) is 67.3 Å². The summed E-state index contributed by atoms with van der Waals surface area (Å²) in [5.74, 6) is -2.46. The number of thioether (sulfide) groups is 1. The zero-order valence-electron chi connectivity index (χ0n) is 27.6. The number of nitrogens with zero attached hydrogens (tertiary/aromatic N) is 4. The summed E-state index contributed by atoms with van der Waals surface area (Å²) in [6.07, 6.45) is 6.72. The molecule has 1 aliphatic rings. The molecule has 0 aliphatic carbocycles. The van der Waals surface area contributed by atoms with Gasteiger partial charge in [-0.2, -0.15) is 10.4 Å². The van der Waals surface area contributed by atoms with Crippen molar-refractivity contribution in [3.05, 3.63) is 101 Å². The number of nitriles is 1. The number of halogens is 3. The second-order valence-corrected chi connectivity index (χ2v) is 12.9. The first kappa shape index (κ1) is 45.1. The van der Waals surface area contributed by atoms with Crippen LogP contribution in [-0.4, -0.2) is 64.1 Å². The van der Waals surface area contributed by atoms with E-state index in [0.717, 1.165) is 18.2 Å². The summed E-state index contributed by atoms with van der Waals surface area (Å²) >= 11 is 1.21. The number of ether oxygens (including phenoxy) is 4. The number of aromatic nitrogens is 3. The van der Waals surface area contributed by atoms with Crippen LogP contribution in [0, 0.1) is 28.8 Å². The van der Waals surface area contributed by atoms with E-state index in [9.17, 15) is 27.9 Å². The molecule has 2 atom stereocenters. The van der Waals surface area contributed by atoms with Crippen LogP contribution in [0.25, 0.3) is 6.08 Å². The maximum atomic E-state index is 15.4. The van der Waals surface area contributed by atoms with Crippen LogP contribution in [0.3, 0.4) is 0 Å². The van der Waals surface area contributed by atoms with Crippen molar-refractivity contribution in [2.75, 3.05) is 26.4 Å². The van der Waals surface area contributed by atoms with Gasteiger partial charge >= 0.3 is 65.3 Å². The van der Waals surface area contributed by atoms with Gasteiger partial charge in [-0.3, -0.25) is 0 Å². The fraction of sp³-hybridized carbons (Fsp3) is 0.333. The quantitative estimate of drug-likeness (QED) is 0.0301. The molecule has 3 aromatic rings. The molecule has 0 amide bonds. The summed E-state index contributed by atoms with van der Waals surface area (Å²) in [6.45, 7) is 0.336. The van der Waals surface area contributed by atoms with E-state index in [4.69, 9.17) is 24.2 Å². The molecule has 1 saturated heterocycles. The Morgan fingerprint density at radius 2 is 1.90 bits per heavy atom. The van der Waals surface area contributed by atoms with E-state index in [0.29, 0.717) is 6.07 Å². The molecule has 51 heavy (non-hydrogen) atoms. The number of hydrogen-bond acceptors (Lipinski definition) is 14. The van der Waals surface area contributed by atoms with Crippen LogP contribution < -0.4 is 68.9 Å². The van der Waals surface area contributed by atoms with Crippen molar-refractivity contribution in [3.8, 4) is 6.07 Å². The van der Waals surface area contributed by atoms with Crippen LogP contribution in [0.2, 0.25) is 0 Å². The molecule has 14 nitrogen and oxygen atoms in total. The summed E-state index contributed by atoms with van der Waals surface area (Å²) in [5.41, 5.74) is -1.64. The van der Waals surface area contributed by atoms with Gasteiger partial charge in [-0.25, -0.2) is 37.2 Å². The van der Waals surface area contributed by atoms with Gasteiger partial charge in [0.2, 0.25) is 0 Å². The van der Waals surface area contributed by atoms with Crippen LogP contribution in [-0.2, 0) is 45.2 Å². The first-order valence-corrected chi connectivity index (χ1v) is 16.7. The maximum Gasteiger partial charge on any atom is 1.00 e. The third-order valence-electron chi connectivity index (χ3n) is 6.78. The SMILES string of the molecule is C[C@@H](SC1COC(/C=C/C=C/c2ccc(C#N)cc2F)OC1)[C@@](Cn1cncn1)(OC(=O)OCCOOP(=O)([O-])[O-])c1ccc(F)cc1F.[Na+].[Na+]. The van der Waals surface area contributed by atoms with E-state index in [1.807, 2.05) is 6.07 Å². The predicted octanol–water partition coefficient (Wildman–Crippen LogP) is -2.47. The van der Waals surface area contributed by atoms with Gasteiger partial charge in [0.15, 0.2) is 11.9 Å². The van der Waals surface area contributed by atoms with Crippen molar-refractivity contribution in [1.82, 2.24) is 14.8 Å². The van der Waals surface area contributed by atoms with Crippen molar-refractivity contribution in [1.29, 1.82) is 5.26 Å². The minimum atomic E-state index is -5.44. The minimum absolute atomic E-state index is 0. The van der Waals surface area contributed by atoms with Crippen molar-refractivity contribution < 1.29 is 120 Å². The Labute approximate surface area is 339 Å². The number of allylic oxidation sites excluding steroid dienone is 2. The normalized spacial score (nSPS) is 17.9. The van der Waals surface area contributed by atoms with E-state index < -0.39 is 61.8 Å². The second kappa shape index (κ2) is 21.6. The third kappa shape index (κ3) is 14.0. The van der Waals surface area contributed by atoms with E-state index in [1.165, 1.54) is 47.3 Å². The minimum Gasteiger partial charge on any atom is -0.788 e. The number of rotatable bonds is 15. The van der Waals surface area contributed by atoms with Gasteiger partial charge in [0, 0.05) is 22.4 Å². The zero-order chi connectivity index (χ0) is 35.4. The van der Waals surface area contributed by atoms with Crippen molar-refractivity contribution in [2.24, 2.45) is 0 Å². The predicted molar refractivity (Wildman–Crippen MR) is 161 cm³/mol. The van der Waals surface area contributed by atoms with E-state index in [2.05, 4.69) is 19.6 Å². The van der Waals surface area contributed by atoms with Crippen LogP contribution in [0.1, 0.15) is 23.6 Å². The molecule has 1 fully saturated rings. The number of benzene rings is 2. The van der Waals surface area contributed by atoms with Crippen molar-refractivity contribution >= 4 is 31.8 Å². The van der Waals surface area contributed by atoms with Gasteiger partial charge in [0.1, 0.15) is 51.1 Å². The molecule has 0 bridgehead atoms. The molecular weight excluding hydrogens is 742 g/mol. The topological polar surface area (TPSA) is 190 Å². The molecule has 0 N–H and O–H groups in total. The van der Waals surface area contributed by atoms with Crippen LogP contribution in [0.4, 0.5) is 18.0 Å². The first-order chi connectivity index (χ1) is 23.4. The molecule has 21 heteroatoms. The zero-order valence-corrected chi connectivity index (χ0v) is 33.3. The Bertz CT molecular complexity index is 1730. The van der Waals surface area contributed by atoms with Gasteiger partial charge in [-0.05, 0) is 37.3 Å². The summed E-state index contributed by atoms with van der Waals surface area (Å²) in [7, 11) is -5.44. The maximum absolute atomic E-state index is 15.4. The van der Waals surface area contributed by atoms with E-state index in [-0.39, 0.29) is 101 Å². The van der Waals surface area contributed by atoms with E-state index >= 15 is 4.39 Å². The molecule has 2 heterocycles. The van der Waals surface area contributed by atoms with E-state index in [1.54, 1.807) is 25.2 Å². The molecule has 0 spiro atoms. The Morgan fingerprint density at radius 3 is 2.53 bits per heavy atom. The number of carbonyl (C=O) groups excluding carboxylic acids is 1. The average molecular weight is 771 g/mol. The van der Waals surface area contributed by atoms with Gasteiger partial charge in [-0.1, -0.05) is 24.3 Å². The molecule has 1 aromatic heterocycles. The summed E-state index contributed by atoms with van der Waals surface area (Å²) in [5, 5.41) is 11.7. The summed E-state index contributed by atoms with van der Waals surface area (Å²) < 4.78 is 81.3. The molecule has 0 saturated carbocycles. The van der Waals surface area contributed by atoms with Gasteiger partial charge in [0.25, 0.3) is 0 Å². The molecule has 0 radical (unpaired) electrons. The summed E-state index contributed by atoms with van der Waals surface area (Å²) in [6, 6.07) is 8.71. The van der Waals surface area contributed by atoms with Crippen LogP contribution in [0.5, 0.6) is 0 Å². The molecule has 1 aliphatic heterocycles. The standard InChI is InChI=1S/C30H30F3N4O10PS.2Na/c1-20(49-24-15-43-28(44-16-24)5-3-2-4-22-7-6-21(14-34)12-26(22)32)30(17-37-19-35-18-36-37,25-9-8-23(31)13-27(25)33)46-29(38)42-10-11-45-47-48(39,40)41;;/h2-9,12-13,18-20,24,28H,10-11,15-17H2,1H3,(H2,39,40,41);;/q;2*+1/p-2/b4-2+,5-3+;;/t20-,24?,28?,30-;;/m1../s1. The Hall–Kier alpha value is -2.05. The molecule has 0 unspecified atom stereocenters. The fourth-order valence-electron chi connectivity index (χ4n) is 4.56. The largest absolute Gasteiger partial charge is 1.00 e. The number of phosphoric acid groups is 1. The van der Waals surface area contributed by atoms with Crippen LogP contribution >= 0.6 is 19.6 Å². The summed E-state index contributed by atoms with van der Waals surface area (Å²) in [4.78, 5) is 42.1. The number of hydrogen-bond donors (Lipinski definition) is 0. The number of carbonyl (C=O) groups is 1. The Balaban J connectivity index is 0.00000451. The molecule has 2 aromatic carbocycles. The molecule has 262 valence electrons. The second-order valence-electron chi connectivity index (χ2n) is 10.2. The van der Waals surface area contributed by atoms with Gasteiger partial charge in [0.05, 0.1) is 36.6 Å². The average Bonchev–Trinajstić information content (AvgIpc) is 3.56. The monoisotopic (exact) mass is 770 g/mol. The first-order valence-electron chi connectivity index (χ1n) is 14.3. The fourth-order valence-corrected chi connectivity index (χ4v) is 6.13. The Morgan fingerprint density at radius 1 is 1.16 bits per heavy atom. The third-order valence-corrected chi connectivity index (χ3v) is 8.51. The van der Waals surface area contributed by atoms with Gasteiger partial charge in [-0.15, -0.1) is 11.8 Å². The Kier molecular flexibility index (Phi) is 19.1. The molecule has 4 rings (SSSR count). The van der Waals surface area contributed by atoms with Crippen molar-refractivity contribution in [3.63, 3.8) is 0 Å². The molecular formula is C30H28F3N4Na2O10PS. The van der Waals surface area contributed by atoms with Crippen molar-refractivity contribution in [2.45, 2.75) is 35.9 Å².